The predicted molar refractivity (Wildman–Crippen MR) is 93.9 cm³/mol. The molecule has 0 saturated carbocycles. The lowest BCUT2D eigenvalue weighted by atomic mass is 10.0. The first-order chi connectivity index (χ1) is 12.1. The molecule has 1 aromatic carbocycles. The van der Waals surface area contributed by atoms with Crippen LogP contribution in [0.3, 0.4) is 0 Å². The minimum atomic E-state index is -0.953. The number of pyridine rings is 1. The van der Waals surface area contributed by atoms with Crippen molar-refractivity contribution in [3.05, 3.63) is 36.0 Å². The molecule has 0 aliphatic carbocycles. The number of carbonyl (C=O) groups is 2. The van der Waals surface area contributed by atoms with Gasteiger partial charge in [0.1, 0.15) is 5.82 Å². The van der Waals surface area contributed by atoms with Crippen LogP contribution in [0.25, 0.3) is 10.8 Å². The fourth-order valence-corrected chi connectivity index (χ4v) is 3.12. The number of carbonyl (C=O) groups excluding carboxylic acids is 1. The molecule has 1 saturated heterocycles. The molecular formula is C18H21N3O4. The Hall–Kier alpha value is -2.83. The molecule has 0 bridgehead atoms. The van der Waals surface area contributed by atoms with E-state index in [0.717, 1.165) is 18.2 Å². The third kappa shape index (κ3) is 3.65. The van der Waals surface area contributed by atoms with Crippen LogP contribution >= 0.6 is 0 Å². The number of carboxylic acids is 1. The summed E-state index contributed by atoms with van der Waals surface area (Å²) in [5.74, 6) is -0.277. The maximum Gasteiger partial charge on any atom is 0.409 e. The topological polar surface area (TPSA) is 91.8 Å². The molecule has 0 radical (unpaired) electrons. The van der Waals surface area contributed by atoms with Gasteiger partial charge in [0.2, 0.25) is 0 Å². The second-order valence-electron chi connectivity index (χ2n) is 5.97. The molecule has 2 aromatic rings. The summed E-state index contributed by atoms with van der Waals surface area (Å²) in [7, 11) is 0. The van der Waals surface area contributed by atoms with Crippen molar-refractivity contribution in [1.29, 1.82) is 0 Å². The van der Waals surface area contributed by atoms with Gasteiger partial charge >= 0.3 is 12.1 Å². The molecule has 1 amide bonds. The SMILES string of the molecule is CCOC(=O)N1CCC(Nc2nccc3c(C(=O)O)cccc23)CC1. The number of likely N-dealkylation sites (tertiary alicyclic amines) is 1. The fraction of sp³-hybridized carbons (Fsp3) is 0.389. The van der Waals surface area contributed by atoms with Crippen molar-refractivity contribution in [1.82, 2.24) is 9.88 Å². The van der Waals surface area contributed by atoms with Gasteiger partial charge in [0.15, 0.2) is 0 Å². The van der Waals surface area contributed by atoms with Gasteiger partial charge in [-0.1, -0.05) is 12.1 Å². The molecule has 1 aliphatic rings. The van der Waals surface area contributed by atoms with Crippen LogP contribution in [0.1, 0.15) is 30.1 Å². The second-order valence-corrected chi connectivity index (χ2v) is 5.97. The molecule has 0 spiro atoms. The Bertz CT molecular complexity index is 785. The van der Waals surface area contributed by atoms with Gasteiger partial charge in [0.05, 0.1) is 12.2 Å². The number of anilines is 1. The summed E-state index contributed by atoms with van der Waals surface area (Å²) in [6.07, 6.45) is 2.92. The first kappa shape index (κ1) is 17.0. The van der Waals surface area contributed by atoms with Crippen LogP contribution in [-0.2, 0) is 4.74 Å². The highest BCUT2D eigenvalue weighted by atomic mass is 16.6. The van der Waals surface area contributed by atoms with Crippen molar-refractivity contribution in [3.63, 3.8) is 0 Å². The first-order valence-electron chi connectivity index (χ1n) is 8.39. The number of ether oxygens (including phenoxy) is 1. The molecule has 7 heteroatoms. The molecule has 3 rings (SSSR count). The van der Waals surface area contributed by atoms with E-state index in [1.54, 1.807) is 36.2 Å². The number of aromatic carboxylic acids is 1. The third-order valence-electron chi connectivity index (χ3n) is 4.40. The Labute approximate surface area is 145 Å². The normalized spacial score (nSPS) is 15.2. The Morgan fingerprint density at radius 1 is 1.28 bits per heavy atom. The number of carboxylic acid groups (broad SMARTS) is 1. The third-order valence-corrected chi connectivity index (χ3v) is 4.40. The van der Waals surface area contributed by atoms with Crippen LogP contribution in [0.2, 0.25) is 0 Å². The van der Waals surface area contributed by atoms with Gasteiger partial charge in [-0.2, -0.15) is 0 Å². The molecule has 1 aliphatic heterocycles. The number of nitrogens with zero attached hydrogens (tertiary/aromatic N) is 2. The summed E-state index contributed by atoms with van der Waals surface area (Å²) in [5.41, 5.74) is 0.264. The maximum atomic E-state index is 11.8. The van der Waals surface area contributed by atoms with Gasteiger partial charge in [0.25, 0.3) is 0 Å². The van der Waals surface area contributed by atoms with E-state index in [4.69, 9.17) is 4.74 Å². The Morgan fingerprint density at radius 2 is 2.04 bits per heavy atom. The lowest BCUT2D eigenvalue weighted by Gasteiger charge is -2.32. The Balaban J connectivity index is 1.73. The minimum absolute atomic E-state index is 0.178. The largest absolute Gasteiger partial charge is 0.478 e. The van der Waals surface area contributed by atoms with Crippen molar-refractivity contribution in [2.45, 2.75) is 25.8 Å². The highest BCUT2D eigenvalue weighted by molar-refractivity contribution is 6.06. The molecule has 1 fully saturated rings. The van der Waals surface area contributed by atoms with E-state index in [1.807, 2.05) is 6.07 Å². The molecule has 1 aromatic heterocycles. The molecule has 132 valence electrons. The average Bonchev–Trinajstić information content (AvgIpc) is 2.62. The molecule has 25 heavy (non-hydrogen) atoms. The highest BCUT2D eigenvalue weighted by Gasteiger charge is 2.24. The van der Waals surface area contributed by atoms with Gasteiger partial charge in [-0.05, 0) is 31.9 Å². The van der Waals surface area contributed by atoms with Crippen LogP contribution in [0.4, 0.5) is 10.6 Å². The van der Waals surface area contributed by atoms with E-state index >= 15 is 0 Å². The average molecular weight is 343 g/mol. The fourth-order valence-electron chi connectivity index (χ4n) is 3.12. The van der Waals surface area contributed by atoms with Crippen molar-refractivity contribution in [2.75, 3.05) is 25.0 Å². The van der Waals surface area contributed by atoms with E-state index < -0.39 is 5.97 Å². The van der Waals surface area contributed by atoms with E-state index in [2.05, 4.69) is 10.3 Å². The number of fused-ring (bicyclic) bond motifs is 1. The lowest BCUT2D eigenvalue weighted by molar-refractivity contribution is 0.0699. The quantitative estimate of drug-likeness (QED) is 0.887. The van der Waals surface area contributed by atoms with Crippen molar-refractivity contribution in [3.8, 4) is 0 Å². The van der Waals surface area contributed by atoms with Gasteiger partial charge < -0.3 is 20.1 Å². The smallest absolute Gasteiger partial charge is 0.409 e. The summed E-state index contributed by atoms with van der Waals surface area (Å²) in [6.45, 7) is 3.43. The van der Waals surface area contributed by atoms with Crippen LogP contribution in [0.15, 0.2) is 30.5 Å². The molecule has 0 atom stereocenters. The van der Waals surface area contributed by atoms with Crippen molar-refractivity contribution >= 4 is 28.7 Å². The number of nitrogens with one attached hydrogen (secondary N) is 1. The standard InChI is InChI=1S/C18H21N3O4/c1-2-25-18(24)21-10-7-12(8-11-21)20-16-14-4-3-5-15(17(22)23)13(14)6-9-19-16/h3-6,9,12H,2,7-8,10-11H2,1H3,(H,19,20)(H,22,23). The number of hydrogen-bond donors (Lipinski definition) is 2. The highest BCUT2D eigenvalue weighted by Crippen LogP contribution is 2.26. The van der Waals surface area contributed by atoms with Gasteiger partial charge in [-0.3, -0.25) is 0 Å². The Morgan fingerprint density at radius 3 is 2.72 bits per heavy atom. The number of amides is 1. The zero-order valence-electron chi connectivity index (χ0n) is 14.1. The molecule has 0 unspecified atom stereocenters. The van der Waals surface area contributed by atoms with Crippen molar-refractivity contribution in [2.24, 2.45) is 0 Å². The second kappa shape index (κ2) is 7.38. The zero-order valence-corrected chi connectivity index (χ0v) is 14.1. The number of aromatic nitrogens is 1. The molecule has 7 nitrogen and oxygen atoms in total. The van der Waals surface area contributed by atoms with E-state index in [9.17, 15) is 14.7 Å². The summed E-state index contributed by atoms with van der Waals surface area (Å²) < 4.78 is 5.03. The molecular weight excluding hydrogens is 322 g/mol. The lowest BCUT2D eigenvalue weighted by Crippen LogP contribution is -2.42. The van der Waals surface area contributed by atoms with E-state index in [0.29, 0.717) is 30.9 Å². The molecule has 2 heterocycles. The summed E-state index contributed by atoms with van der Waals surface area (Å²) in [4.78, 5) is 29.2. The van der Waals surface area contributed by atoms with Gasteiger partial charge in [-0.25, -0.2) is 14.6 Å². The maximum absolute atomic E-state index is 11.8. The summed E-state index contributed by atoms with van der Waals surface area (Å²) in [5, 5.41) is 14.2. The summed E-state index contributed by atoms with van der Waals surface area (Å²) >= 11 is 0. The summed E-state index contributed by atoms with van der Waals surface area (Å²) in [6, 6.07) is 7.07. The first-order valence-corrected chi connectivity index (χ1v) is 8.39. The minimum Gasteiger partial charge on any atom is -0.478 e. The number of rotatable bonds is 4. The number of benzene rings is 1. The van der Waals surface area contributed by atoms with E-state index in [1.165, 1.54) is 0 Å². The van der Waals surface area contributed by atoms with Crippen LogP contribution in [0.5, 0.6) is 0 Å². The zero-order chi connectivity index (χ0) is 17.8. The van der Waals surface area contributed by atoms with Crippen LogP contribution in [0, 0.1) is 0 Å². The van der Waals surface area contributed by atoms with Crippen LogP contribution in [-0.4, -0.2) is 52.8 Å². The number of piperidine rings is 1. The monoisotopic (exact) mass is 343 g/mol. The Kier molecular flexibility index (Phi) is 5.02. The van der Waals surface area contributed by atoms with Gasteiger partial charge in [0, 0.05) is 36.1 Å². The van der Waals surface area contributed by atoms with Crippen LogP contribution < -0.4 is 5.32 Å². The number of hydrogen-bond acceptors (Lipinski definition) is 5. The van der Waals surface area contributed by atoms with Crippen molar-refractivity contribution < 1.29 is 19.4 Å². The van der Waals surface area contributed by atoms with Gasteiger partial charge in [-0.15, -0.1) is 0 Å². The molecule has 2 N–H and O–H groups in total. The van der Waals surface area contributed by atoms with E-state index in [-0.39, 0.29) is 17.7 Å². The predicted octanol–water partition coefficient (Wildman–Crippen LogP) is 2.97.